The molecule has 0 radical (unpaired) electrons. The van der Waals surface area contributed by atoms with Crippen molar-refractivity contribution in [2.24, 2.45) is 0 Å². The molecule has 0 spiro atoms. The van der Waals surface area contributed by atoms with Crippen molar-refractivity contribution in [3.05, 3.63) is 35.8 Å². The van der Waals surface area contributed by atoms with Crippen molar-refractivity contribution >= 4 is 46.4 Å². The maximum Gasteiger partial charge on any atom is 0.273 e. The molecule has 0 aliphatic rings. The number of hydrogen-bond acceptors (Lipinski definition) is 8. The van der Waals surface area contributed by atoms with Crippen LogP contribution in [0.5, 0.6) is 0 Å². The van der Waals surface area contributed by atoms with Crippen LogP contribution < -0.4 is 10.6 Å². The monoisotopic (exact) mass is 493 g/mol. The zero-order valence-electron chi connectivity index (χ0n) is 22.3. The lowest BCUT2D eigenvalue weighted by Crippen LogP contribution is -2.22. The first-order valence-electron chi connectivity index (χ1n) is 11.7. The molecule has 2 N–H and O–H groups in total. The highest BCUT2D eigenvalue weighted by Gasteiger charge is 2.22. The minimum Gasteiger partial charge on any atom is -0.361 e. The summed E-state index contributed by atoms with van der Waals surface area (Å²) in [4.78, 5) is 17.0. The highest BCUT2D eigenvalue weighted by Crippen LogP contribution is 2.30. The highest BCUT2D eigenvalue weighted by molar-refractivity contribution is 7.90. The zero-order valence-corrected chi connectivity index (χ0v) is 21.1. The van der Waals surface area contributed by atoms with E-state index < -0.39 is 30.8 Å². The molecule has 33 heavy (non-hydrogen) atoms. The topological polar surface area (TPSA) is 128 Å². The second kappa shape index (κ2) is 9.57. The van der Waals surface area contributed by atoms with Crippen molar-refractivity contribution in [1.82, 2.24) is 25.1 Å². The van der Waals surface area contributed by atoms with Gasteiger partial charge >= 0.3 is 0 Å². The average molecular weight is 494 g/mol. The van der Waals surface area contributed by atoms with E-state index in [0.29, 0.717) is 17.6 Å². The lowest BCUT2D eigenvalue weighted by molar-refractivity contribution is 0.0898. The van der Waals surface area contributed by atoms with E-state index in [9.17, 15) is 13.2 Å². The molecule has 3 heterocycles. The molecule has 0 aromatic carbocycles. The molecule has 0 aliphatic heterocycles. The van der Waals surface area contributed by atoms with Crippen LogP contribution in [0.1, 0.15) is 20.2 Å². The molecular formula is C21H30N6O4SSi. The lowest BCUT2D eigenvalue weighted by Gasteiger charge is -2.16. The molecule has 0 fully saturated rings. The first-order chi connectivity index (χ1) is 16.5. The second-order valence-corrected chi connectivity index (χ2v) is 16.6. The van der Waals surface area contributed by atoms with Crippen LogP contribution in [0.3, 0.4) is 0 Å². The third kappa shape index (κ3) is 5.95. The van der Waals surface area contributed by atoms with Crippen LogP contribution in [-0.4, -0.2) is 62.0 Å². The van der Waals surface area contributed by atoms with Gasteiger partial charge in [-0.25, -0.2) is 13.4 Å². The predicted octanol–water partition coefficient (Wildman–Crippen LogP) is 2.95. The van der Waals surface area contributed by atoms with Crippen LogP contribution in [-0.2, 0) is 21.3 Å². The molecule has 0 saturated heterocycles. The van der Waals surface area contributed by atoms with Crippen LogP contribution in [0, 0.1) is 6.92 Å². The standard InChI is InChI=1S/C21H30N6O4SSi/c1-14-12-27(13-31-9-10-33(4,5)6)20-15(14)11-17(32(3,29)30)19(25-20)24-16-7-8-23-26-18(16)21(28)22-2/h7-8,11-12H,9-10,13H2,1-6H3,(H,22,28)(H,23,24,25)/i2D3. The minimum absolute atomic E-state index is 0.0395. The van der Waals surface area contributed by atoms with Gasteiger partial charge in [-0.2, -0.15) is 5.10 Å². The van der Waals surface area contributed by atoms with E-state index in [1.807, 2.05) is 18.4 Å². The predicted molar refractivity (Wildman–Crippen MR) is 130 cm³/mol. The fourth-order valence-electron chi connectivity index (χ4n) is 3.16. The van der Waals surface area contributed by atoms with E-state index in [1.165, 1.54) is 18.3 Å². The first-order valence-corrected chi connectivity index (χ1v) is 15.8. The number of ether oxygens (including phenoxy) is 1. The van der Waals surface area contributed by atoms with Gasteiger partial charge < -0.3 is 19.9 Å². The number of nitrogens with one attached hydrogen (secondary N) is 2. The van der Waals surface area contributed by atoms with E-state index >= 15 is 0 Å². The van der Waals surface area contributed by atoms with E-state index in [1.54, 1.807) is 4.57 Å². The molecule has 0 atom stereocenters. The summed E-state index contributed by atoms with van der Waals surface area (Å²) in [6.45, 7) is 6.74. The molecule has 0 unspecified atom stereocenters. The Hall–Kier alpha value is -2.83. The number of aryl methyl sites for hydroxylation is 1. The van der Waals surface area contributed by atoms with Crippen LogP contribution in [0.15, 0.2) is 29.4 Å². The number of fused-ring (bicyclic) bond motifs is 1. The largest absolute Gasteiger partial charge is 0.361 e. The summed E-state index contributed by atoms with van der Waals surface area (Å²) in [6, 6.07) is 3.90. The Morgan fingerprint density at radius 1 is 1.33 bits per heavy atom. The summed E-state index contributed by atoms with van der Waals surface area (Å²) < 4.78 is 54.7. The molecule has 3 aromatic rings. The number of amides is 1. The van der Waals surface area contributed by atoms with Gasteiger partial charge in [0.15, 0.2) is 21.3 Å². The quantitative estimate of drug-likeness (QED) is 0.344. The Morgan fingerprint density at radius 2 is 2.09 bits per heavy atom. The van der Waals surface area contributed by atoms with Gasteiger partial charge in [-0.1, -0.05) is 19.6 Å². The summed E-state index contributed by atoms with van der Waals surface area (Å²) in [7, 11) is -5.00. The van der Waals surface area contributed by atoms with Gasteiger partial charge in [0.25, 0.3) is 5.91 Å². The number of pyridine rings is 1. The third-order valence-electron chi connectivity index (χ3n) is 4.94. The molecule has 3 aromatic heterocycles. The van der Waals surface area contributed by atoms with Crippen molar-refractivity contribution in [2.45, 2.75) is 44.2 Å². The van der Waals surface area contributed by atoms with E-state index in [4.69, 9.17) is 8.85 Å². The first kappa shape index (κ1) is 20.8. The summed E-state index contributed by atoms with van der Waals surface area (Å²) in [5.41, 5.74) is 1.04. The van der Waals surface area contributed by atoms with Crippen molar-refractivity contribution in [3.63, 3.8) is 0 Å². The Balaban J connectivity index is 2.03. The van der Waals surface area contributed by atoms with E-state index in [-0.39, 0.29) is 28.8 Å². The van der Waals surface area contributed by atoms with Crippen molar-refractivity contribution < 1.29 is 22.1 Å². The Labute approximate surface area is 198 Å². The minimum atomic E-state index is -3.74. The molecule has 178 valence electrons. The molecule has 1 amide bonds. The SMILES string of the molecule is [2H]C([2H])([2H])NC(=O)c1nnccc1Nc1nc2c(cc1S(C)(=O)=O)c(C)cn2COCC[Si](C)(C)C. The number of hydrogen-bond donors (Lipinski definition) is 2. The molecule has 0 aliphatic carbocycles. The smallest absolute Gasteiger partial charge is 0.273 e. The van der Waals surface area contributed by atoms with Gasteiger partial charge in [0.05, 0.1) is 11.9 Å². The zero-order chi connectivity index (χ0) is 26.9. The molecular weight excluding hydrogens is 460 g/mol. The van der Waals surface area contributed by atoms with Crippen molar-refractivity contribution in [2.75, 3.05) is 25.2 Å². The van der Waals surface area contributed by atoms with Crippen molar-refractivity contribution in [1.29, 1.82) is 0 Å². The van der Waals surface area contributed by atoms with Crippen molar-refractivity contribution in [3.8, 4) is 0 Å². The van der Waals surface area contributed by atoms with E-state index in [0.717, 1.165) is 17.9 Å². The van der Waals surface area contributed by atoms with Crippen LogP contribution in [0.4, 0.5) is 11.5 Å². The number of carbonyl (C=O) groups excluding carboxylic acids is 1. The van der Waals surface area contributed by atoms with Gasteiger partial charge in [-0.05, 0) is 30.7 Å². The highest BCUT2D eigenvalue weighted by atomic mass is 32.2. The molecule has 0 saturated carbocycles. The average Bonchev–Trinajstić information content (AvgIpc) is 3.03. The Morgan fingerprint density at radius 3 is 2.76 bits per heavy atom. The Kier molecular flexibility index (Phi) is 6.02. The van der Waals surface area contributed by atoms with Crippen LogP contribution in [0.2, 0.25) is 25.7 Å². The normalized spacial score (nSPS) is 13.9. The summed E-state index contributed by atoms with van der Waals surface area (Å²) in [5, 5.41) is 12.7. The van der Waals surface area contributed by atoms with Gasteiger partial charge in [-0.15, -0.1) is 5.10 Å². The number of nitrogens with zero attached hydrogens (tertiary/aromatic N) is 4. The summed E-state index contributed by atoms with van der Waals surface area (Å²) >= 11 is 0. The number of sulfone groups is 1. The Bertz CT molecular complexity index is 1390. The summed E-state index contributed by atoms with van der Waals surface area (Å²) in [6.07, 6.45) is 4.18. The molecule has 10 nitrogen and oxygen atoms in total. The van der Waals surface area contributed by atoms with Crippen LogP contribution >= 0.6 is 0 Å². The van der Waals surface area contributed by atoms with E-state index in [2.05, 4.69) is 40.1 Å². The summed E-state index contributed by atoms with van der Waals surface area (Å²) in [5.74, 6) is -1.04. The fourth-order valence-corrected chi connectivity index (χ4v) is 4.69. The second-order valence-electron chi connectivity index (χ2n) is 8.98. The number of anilines is 2. The van der Waals surface area contributed by atoms with Gasteiger partial charge in [0.1, 0.15) is 17.3 Å². The fraction of sp³-hybridized carbons (Fsp3) is 0.429. The number of aromatic nitrogens is 4. The lowest BCUT2D eigenvalue weighted by atomic mass is 10.2. The number of carbonyl (C=O) groups is 1. The maximum absolute atomic E-state index is 12.6. The van der Waals surface area contributed by atoms with Gasteiger partial charge in [0, 0.05) is 43.6 Å². The molecule has 12 heteroatoms. The third-order valence-corrected chi connectivity index (χ3v) is 7.76. The van der Waals surface area contributed by atoms with Gasteiger partial charge in [0.2, 0.25) is 0 Å². The molecule has 0 bridgehead atoms. The van der Waals surface area contributed by atoms with Crippen LogP contribution in [0.25, 0.3) is 11.0 Å². The maximum atomic E-state index is 12.6. The molecule has 3 rings (SSSR count). The van der Waals surface area contributed by atoms with Gasteiger partial charge in [-0.3, -0.25) is 4.79 Å². The number of rotatable bonds is 9.